The van der Waals surface area contributed by atoms with E-state index in [1.165, 1.54) is 39.5 Å². The number of carbonyl (C=O) groups excluding carboxylic acids is 1. The molecule has 0 atom stereocenters. The molecule has 0 spiro atoms. The summed E-state index contributed by atoms with van der Waals surface area (Å²) in [4.78, 5) is 16.5. The third kappa shape index (κ3) is 5.05. The van der Waals surface area contributed by atoms with Crippen molar-refractivity contribution < 1.29 is 18.0 Å². The Morgan fingerprint density at radius 1 is 1.22 bits per heavy atom. The first-order valence-electron chi connectivity index (χ1n) is 9.68. The lowest BCUT2D eigenvalue weighted by Crippen LogP contribution is -2.49. The number of nitrogens with one attached hydrogen (secondary N) is 1. The van der Waals surface area contributed by atoms with Crippen LogP contribution in [-0.2, 0) is 12.7 Å². The molecule has 1 fully saturated rings. The molecule has 8 nitrogen and oxygen atoms in total. The van der Waals surface area contributed by atoms with Crippen molar-refractivity contribution in [3.63, 3.8) is 0 Å². The quantitative estimate of drug-likeness (QED) is 0.552. The summed E-state index contributed by atoms with van der Waals surface area (Å²) >= 11 is 2.59. The van der Waals surface area contributed by atoms with Gasteiger partial charge in [0.05, 0.1) is 5.56 Å². The van der Waals surface area contributed by atoms with E-state index in [1.807, 2.05) is 6.26 Å². The van der Waals surface area contributed by atoms with Crippen molar-refractivity contribution in [1.82, 2.24) is 29.8 Å². The van der Waals surface area contributed by atoms with Gasteiger partial charge < -0.3 is 9.62 Å². The average Bonchev–Trinajstić information content (AvgIpc) is 3.46. The molecule has 2 aromatic heterocycles. The first-order valence-corrected chi connectivity index (χ1v) is 11.8. The molecular weight excluding hydrogens is 463 g/mol. The summed E-state index contributed by atoms with van der Waals surface area (Å²) in [6, 6.07) is 5.25. The van der Waals surface area contributed by atoms with E-state index in [2.05, 4.69) is 24.9 Å². The highest BCUT2D eigenvalue weighted by Gasteiger charge is 2.32. The van der Waals surface area contributed by atoms with Gasteiger partial charge in [0.2, 0.25) is 0 Å². The predicted molar refractivity (Wildman–Crippen MR) is 117 cm³/mol. The van der Waals surface area contributed by atoms with Crippen LogP contribution < -0.4 is 4.72 Å². The Balaban J connectivity index is 1.43. The van der Waals surface area contributed by atoms with Gasteiger partial charge in [-0.2, -0.15) is 17.9 Å². The number of carbonyl (C=O) groups is 1. The SMILES string of the molecule is CSNc1ccn(C(=O)N2CCN(Cc3ccc(C(F)(F)F)cc3-c3nncs3)CC2)n1. The number of nitrogens with zero attached hydrogens (tertiary/aromatic N) is 6. The zero-order valence-corrected chi connectivity index (χ0v) is 18.7. The zero-order chi connectivity index (χ0) is 22.7. The Hall–Kier alpha value is -2.64. The van der Waals surface area contributed by atoms with Crippen molar-refractivity contribution in [2.75, 3.05) is 37.2 Å². The van der Waals surface area contributed by atoms with Gasteiger partial charge in [0.1, 0.15) is 10.5 Å². The van der Waals surface area contributed by atoms with Crippen molar-refractivity contribution in [3.05, 3.63) is 47.1 Å². The zero-order valence-electron chi connectivity index (χ0n) is 17.0. The number of hydrogen-bond acceptors (Lipinski definition) is 8. The van der Waals surface area contributed by atoms with Crippen LogP contribution in [0.5, 0.6) is 0 Å². The highest BCUT2D eigenvalue weighted by Crippen LogP contribution is 2.35. The molecule has 3 aromatic rings. The number of alkyl halides is 3. The Kier molecular flexibility index (Phi) is 6.67. The van der Waals surface area contributed by atoms with Crippen molar-refractivity contribution in [1.29, 1.82) is 0 Å². The summed E-state index contributed by atoms with van der Waals surface area (Å²) in [5, 5.41) is 12.4. The van der Waals surface area contributed by atoms with Crippen LogP contribution in [0.15, 0.2) is 36.0 Å². The van der Waals surface area contributed by atoms with E-state index in [4.69, 9.17) is 0 Å². The lowest BCUT2D eigenvalue weighted by Gasteiger charge is -2.34. The molecule has 1 aliphatic rings. The number of hydrogen-bond donors (Lipinski definition) is 1. The highest BCUT2D eigenvalue weighted by atomic mass is 32.2. The van der Waals surface area contributed by atoms with Crippen molar-refractivity contribution in [2.45, 2.75) is 12.7 Å². The Labute approximate surface area is 190 Å². The van der Waals surface area contributed by atoms with E-state index in [9.17, 15) is 18.0 Å². The van der Waals surface area contributed by atoms with Crippen LogP contribution in [-0.4, -0.2) is 68.2 Å². The molecule has 1 aliphatic heterocycles. The van der Waals surface area contributed by atoms with E-state index < -0.39 is 11.7 Å². The van der Waals surface area contributed by atoms with Crippen LogP contribution >= 0.6 is 23.3 Å². The van der Waals surface area contributed by atoms with E-state index in [0.29, 0.717) is 49.1 Å². The van der Waals surface area contributed by atoms with E-state index in [-0.39, 0.29) is 6.03 Å². The predicted octanol–water partition coefficient (Wildman–Crippen LogP) is 3.90. The van der Waals surface area contributed by atoms with Crippen LogP contribution in [0.3, 0.4) is 0 Å². The molecule has 1 aromatic carbocycles. The molecular formula is C19H20F3N7OS2. The number of halogens is 3. The molecule has 32 heavy (non-hydrogen) atoms. The molecule has 170 valence electrons. The molecule has 0 unspecified atom stereocenters. The molecule has 4 rings (SSSR count). The van der Waals surface area contributed by atoms with E-state index in [1.54, 1.807) is 17.2 Å². The van der Waals surface area contributed by atoms with Gasteiger partial charge in [-0.25, -0.2) is 4.79 Å². The third-order valence-electron chi connectivity index (χ3n) is 5.06. The van der Waals surface area contributed by atoms with Gasteiger partial charge in [-0.3, -0.25) is 4.90 Å². The summed E-state index contributed by atoms with van der Waals surface area (Å²) < 4.78 is 43.9. The second-order valence-corrected chi connectivity index (χ2v) is 8.56. The molecule has 3 heterocycles. The van der Waals surface area contributed by atoms with Crippen LogP contribution in [0.2, 0.25) is 0 Å². The minimum Gasteiger partial charge on any atom is -0.320 e. The normalized spacial score (nSPS) is 15.2. The van der Waals surface area contributed by atoms with Gasteiger partial charge in [-0.15, -0.1) is 15.3 Å². The van der Waals surface area contributed by atoms with E-state index >= 15 is 0 Å². The van der Waals surface area contributed by atoms with Crippen LogP contribution in [0.4, 0.5) is 23.8 Å². The minimum atomic E-state index is -4.43. The Morgan fingerprint density at radius 2 is 2.00 bits per heavy atom. The molecule has 0 aliphatic carbocycles. The smallest absolute Gasteiger partial charge is 0.320 e. The number of benzene rings is 1. The maximum atomic E-state index is 13.2. The average molecular weight is 484 g/mol. The fraction of sp³-hybridized carbons (Fsp3) is 0.368. The molecule has 1 saturated heterocycles. The monoisotopic (exact) mass is 483 g/mol. The fourth-order valence-electron chi connectivity index (χ4n) is 3.45. The van der Waals surface area contributed by atoms with Gasteiger partial charge in [-0.05, 0) is 17.7 Å². The van der Waals surface area contributed by atoms with Crippen LogP contribution in [0.25, 0.3) is 10.6 Å². The summed E-state index contributed by atoms with van der Waals surface area (Å²) in [6.45, 7) is 2.65. The molecule has 1 N–H and O–H groups in total. The second kappa shape index (κ2) is 9.46. The van der Waals surface area contributed by atoms with Crippen molar-refractivity contribution in [3.8, 4) is 10.6 Å². The molecule has 0 saturated carbocycles. The first kappa shape index (κ1) is 22.6. The molecule has 0 bridgehead atoms. The second-order valence-electron chi connectivity index (χ2n) is 7.11. The summed E-state index contributed by atoms with van der Waals surface area (Å²) in [6.07, 6.45) is -0.946. The maximum absolute atomic E-state index is 13.2. The van der Waals surface area contributed by atoms with Crippen molar-refractivity contribution in [2.24, 2.45) is 0 Å². The van der Waals surface area contributed by atoms with Gasteiger partial charge in [-0.1, -0.05) is 29.4 Å². The van der Waals surface area contributed by atoms with Crippen molar-refractivity contribution >= 4 is 35.1 Å². The largest absolute Gasteiger partial charge is 0.416 e. The highest BCUT2D eigenvalue weighted by molar-refractivity contribution is 7.99. The number of rotatable bonds is 5. The number of anilines is 1. The number of piperazine rings is 1. The fourth-order valence-corrected chi connectivity index (χ4v) is 4.38. The lowest BCUT2D eigenvalue weighted by atomic mass is 10.0. The van der Waals surface area contributed by atoms with E-state index in [0.717, 1.165) is 17.7 Å². The Bertz CT molecular complexity index is 1060. The molecule has 0 radical (unpaired) electrons. The maximum Gasteiger partial charge on any atom is 0.416 e. The lowest BCUT2D eigenvalue weighted by molar-refractivity contribution is -0.137. The summed E-state index contributed by atoms with van der Waals surface area (Å²) in [5.74, 6) is 0.607. The third-order valence-corrected chi connectivity index (χ3v) is 6.19. The molecule has 13 heteroatoms. The van der Waals surface area contributed by atoms with Crippen LogP contribution in [0, 0.1) is 0 Å². The van der Waals surface area contributed by atoms with Gasteiger partial charge >= 0.3 is 12.2 Å². The topological polar surface area (TPSA) is 79.2 Å². The van der Waals surface area contributed by atoms with Gasteiger partial charge in [0.15, 0.2) is 5.82 Å². The first-order chi connectivity index (χ1) is 15.3. The Morgan fingerprint density at radius 3 is 2.66 bits per heavy atom. The minimum absolute atomic E-state index is 0.206. The molecule has 1 amide bonds. The van der Waals surface area contributed by atoms with Gasteiger partial charge in [0, 0.05) is 56.8 Å². The van der Waals surface area contributed by atoms with Gasteiger partial charge in [0.25, 0.3) is 0 Å². The number of aromatic nitrogens is 4. The summed E-state index contributed by atoms with van der Waals surface area (Å²) in [7, 11) is 0. The summed E-state index contributed by atoms with van der Waals surface area (Å²) in [5.41, 5.74) is 1.97. The number of amides is 1. The standard InChI is InChI=1S/C19H20F3N7OS2/c1-31-26-16-4-5-29(25-16)18(30)28-8-6-27(7-9-28)11-13-2-3-14(19(20,21)22)10-15(13)17-24-23-12-32-17/h2-5,10,12H,6-9,11H2,1H3,(H,25,26). The van der Waals surface area contributed by atoms with Crippen LogP contribution in [0.1, 0.15) is 11.1 Å².